The van der Waals surface area contributed by atoms with Crippen LogP contribution in [0, 0.1) is 6.92 Å². The molecule has 0 saturated carbocycles. The molecule has 0 amide bonds. The summed E-state index contributed by atoms with van der Waals surface area (Å²) in [5.74, 6) is 2.24. The normalized spacial score (nSPS) is 12.4. The highest BCUT2D eigenvalue weighted by atomic mass is 16.3. The Kier molecular flexibility index (Phi) is 3.49. The fraction of sp³-hybridized carbons (Fsp3) is 0.167. The minimum absolute atomic E-state index is 0.00972. The Balaban J connectivity index is 1.52. The summed E-state index contributed by atoms with van der Waals surface area (Å²) in [5, 5.41) is 17.2. The number of aryl methyl sites for hydroxylation is 1. The summed E-state index contributed by atoms with van der Waals surface area (Å²) in [6.45, 7) is 3.97. The van der Waals surface area contributed by atoms with Crippen LogP contribution in [-0.2, 0) is 0 Å². The Morgan fingerprint density at radius 3 is 2.67 bits per heavy atom. The Bertz CT molecular complexity index is 937. The molecule has 120 valence electrons. The molecule has 4 aromatic rings. The number of rotatable bonds is 4. The fourth-order valence-electron chi connectivity index (χ4n) is 2.58. The van der Waals surface area contributed by atoms with Crippen molar-refractivity contribution in [2.24, 2.45) is 0 Å². The first-order valence-corrected chi connectivity index (χ1v) is 7.80. The third kappa shape index (κ3) is 2.74. The number of para-hydroxylation sites is 1. The van der Waals surface area contributed by atoms with Crippen molar-refractivity contribution in [1.82, 2.24) is 20.0 Å². The van der Waals surface area contributed by atoms with Crippen molar-refractivity contribution in [1.29, 1.82) is 0 Å². The lowest BCUT2D eigenvalue weighted by molar-refractivity contribution is 0.525. The average molecular weight is 319 g/mol. The van der Waals surface area contributed by atoms with Crippen LogP contribution in [0.4, 0.5) is 5.82 Å². The number of hydrogen-bond acceptors (Lipinski definition) is 5. The third-order valence-corrected chi connectivity index (χ3v) is 3.84. The van der Waals surface area contributed by atoms with Gasteiger partial charge in [-0.2, -0.15) is 5.10 Å². The second kappa shape index (κ2) is 5.81. The van der Waals surface area contributed by atoms with E-state index in [1.54, 1.807) is 4.68 Å². The smallest absolute Gasteiger partial charge is 0.175 e. The molecule has 6 heteroatoms. The number of furan rings is 1. The van der Waals surface area contributed by atoms with Crippen molar-refractivity contribution < 1.29 is 4.42 Å². The summed E-state index contributed by atoms with van der Waals surface area (Å²) >= 11 is 0. The van der Waals surface area contributed by atoms with Crippen LogP contribution in [0.5, 0.6) is 0 Å². The second-order valence-electron chi connectivity index (χ2n) is 5.73. The molecular formula is C18H17N5O. The zero-order chi connectivity index (χ0) is 16.5. The van der Waals surface area contributed by atoms with E-state index >= 15 is 0 Å². The van der Waals surface area contributed by atoms with Gasteiger partial charge in [0.1, 0.15) is 17.2 Å². The highest BCUT2D eigenvalue weighted by Gasteiger charge is 2.12. The third-order valence-electron chi connectivity index (χ3n) is 3.84. The summed E-state index contributed by atoms with van der Waals surface area (Å²) in [7, 11) is 0. The van der Waals surface area contributed by atoms with Crippen LogP contribution >= 0.6 is 0 Å². The fourth-order valence-corrected chi connectivity index (χ4v) is 2.58. The molecule has 1 unspecified atom stereocenters. The number of hydrogen-bond donors (Lipinski definition) is 1. The summed E-state index contributed by atoms with van der Waals surface area (Å²) in [5.41, 5.74) is 1.83. The zero-order valence-electron chi connectivity index (χ0n) is 13.5. The summed E-state index contributed by atoms with van der Waals surface area (Å²) in [4.78, 5) is 0. The Morgan fingerprint density at radius 1 is 1.08 bits per heavy atom. The molecule has 0 saturated heterocycles. The number of fused-ring (bicyclic) bond motifs is 1. The molecule has 1 N–H and O–H groups in total. The van der Waals surface area contributed by atoms with Crippen LogP contribution < -0.4 is 5.32 Å². The molecule has 0 aliphatic heterocycles. The van der Waals surface area contributed by atoms with E-state index in [0.717, 1.165) is 22.4 Å². The first-order valence-electron chi connectivity index (χ1n) is 7.80. The monoisotopic (exact) mass is 319 g/mol. The number of benzene rings is 1. The van der Waals surface area contributed by atoms with E-state index in [1.165, 1.54) is 0 Å². The first kappa shape index (κ1) is 14.4. The van der Waals surface area contributed by atoms with Crippen molar-refractivity contribution >= 4 is 16.8 Å². The lowest BCUT2D eigenvalue weighted by atomic mass is 10.2. The lowest BCUT2D eigenvalue weighted by Crippen LogP contribution is -2.09. The summed E-state index contributed by atoms with van der Waals surface area (Å²) in [6.07, 6.45) is 1.86. The van der Waals surface area contributed by atoms with Gasteiger partial charge in [-0.1, -0.05) is 18.2 Å². The van der Waals surface area contributed by atoms with Crippen molar-refractivity contribution in [3.05, 3.63) is 66.2 Å². The van der Waals surface area contributed by atoms with Gasteiger partial charge in [-0.15, -0.1) is 10.2 Å². The van der Waals surface area contributed by atoms with Gasteiger partial charge in [0.15, 0.2) is 5.82 Å². The molecule has 1 atom stereocenters. The van der Waals surface area contributed by atoms with Gasteiger partial charge >= 0.3 is 0 Å². The van der Waals surface area contributed by atoms with E-state index < -0.39 is 0 Å². The Hall–Kier alpha value is -3.15. The van der Waals surface area contributed by atoms with Crippen molar-refractivity contribution in [3.8, 4) is 5.82 Å². The molecule has 24 heavy (non-hydrogen) atoms. The molecular weight excluding hydrogens is 302 g/mol. The molecule has 0 aliphatic rings. The number of anilines is 1. The van der Waals surface area contributed by atoms with E-state index in [-0.39, 0.29) is 6.04 Å². The standard InChI is InChI=1S/C18H17N5O/c1-12-9-10-23(22-12)18-8-7-17(20-21-18)19-13(2)16-11-14-5-3-4-6-15(14)24-16/h3-11,13H,1-2H3,(H,19,20). The molecule has 3 heterocycles. The summed E-state index contributed by atoms with van der Waals surface area (Å²) in [6, 6.07) is 15.7. The predicted molar refractivity (Wildman–Crippen MR) is 92.1 cm³/mol. The molecule has 3 aromatic heterocycles. The highest BCUT2D eigenvalue weighted by Crippen LogP contribution is 2.25. The van der Waals surface area contributed by atoms with Crippen LogP contribution in [0.25, 0.3) is 16.8 Å². The molecule has 0 spiro atoms. The minimum Gasteiger partial charge on any atom is -0.459 e. The lowest BCUT2D eigenvalue weighted by Gasteiger charge is -2.11. The van der Waals surface area contributed by atoms with Crippen LogP contribution in [0.15, 0.2) is 59.1 Å². The predicted octanol–water partition coefficient (Wildman–Crippen LogP) is 3.89. The second-order valence-corrected chi connectivity index (χ2v) is 5.73. The molecule has 4 rings (SSSR count). The van der Waals surface area contributed by atoms with E-state index in [1.807, 2.05) is 68.6 Å². The number of aromatic nitrogens is 4. The van der Waals surface area contributed by atoms with Gasteiger partial charge in [0.25, 0.3) is 0 Å². The SMILES string of the molecule is Cc1ccn(-c2ccc(NC(C)c3cc4ccccc4o3)nn2)n1. The van der Waals surface area contributed by atoms with E-state index in [4.69, 9.17) is 4.42 Å². The zero-order valence-corrected chi connectivity index (χ0v) is 13.5. The number of nitrogens with one attached hydrogen (secondary N) is 1. The molecule has 1 aromatic carbocycles. The van der Waals surface area contributed by atoms with Gasteiger partial charge in [0.05, 0.1) is 11.7 Å². The van der Waals surface area contributed by atoms with E-state index in [9.17, 15) is 0 Å². The van der Waals surface area contributed by atoms with Gasteiger partial charge in [-0.05, 0) is 44.2 Å². The van der Waals surface area contributed by atoms with Crippen LogP contribution in [0.2, 0.25) is 0 Å². The van der Waals surface area contributed by atoms with Gasteiger partial charge in [-0.25, -0.2) is 4.68 Å². The Morgan fingerprint density at radius 2 is 1.96 bits per heavy atom. The van der Waals surface area contributed by atoms with Crippen molar-refractivity contribution in [3.63, 3.8) is 0 Å². The van der Waals surface area contributed by atoms with Gasteiger partial charge < -0.3 is 9.73 Å². The Labute approximate surface area is 139 Å². The first-order chi connectivity index (χ1) is 11.7. The molecule has 0 aliphatic carbocycles. The van der Waals surface area contributed by atoms with Gasteiger partial charge in [-0.3, -0.25) is 0 Å². The largest absolute Gasteiger partial charge is 0.459 e. The van der Waals surface area contributed by atoms with Crippen molar-refractivity contribution in [2.75, 3.05) is 5.32 Å². The van der Waals surface area contributed by atoms with Crippen LogP contribution in [0.3, 0.4) is 0 Å². The minimum atomic E-state index is -0.00972. The van der Waals surface area contributed by atoms with Crippen LogP contribution in [-0.4, -0.2) is 20.0 Å². The molecule has 0 fully saturated rings. The quantitative estimate of drug-likeness (QED) is 0.618. The summed E-state index contributed by atoms with van der Waals surface area (Å²) < 4.78 is 7.58. The van der Waals surface area contributed by atoms with Crippen LogP contribution in [0.1, 0.15) is 24.4 Å². The topological polar surface area (TPSA) is 68.8 Å². The highest BCUT2D eigenvalue weighted by molar-refractivity contribution is 5.77. The maximum Gasteiger partial charge on any atom is 0.175 e. The maximum atomic E-state index is 5.87. The average Bonchev–Trinajstić information content (AvgIpc) is 3.21. The molecule has 0 radical (unpaired) electrons. The molecule has 0 bridgehead atoms. The molecule has 6 nitrogen and oxygen atoms in total. The van der Waals surface area contributed by atoms with Gasteiger partial charge in [0, 0.05) is 11.6 Å². The van der Waals surface area contributed by atoms with Crippen molar-refractivity contribution in [2.45, 2.75) is 19.9 Å². The van der Waals surface area contributed by atoms with E-state index in [0.29, 0.717) is 11.6 Å². The maximum absolute atomic E-state index is 5.87. The number of nitrogens with zero attached hydrogens (tertiary/aromatic N) is 4. The van der Waals surface area contributed by atoms with E-state index in [2.05, 4.69) is 20.6 Å². The van der Waals surface area contributed by atoms with Gasteiger partial charge in [0.2, 0.25) is 0 Å².